The molecule has 0 spiro atoms. The molecular weight excluding hydrogens is 475 g/mol. The molecule has 0 aromatic heterocycles. The molecule has 2 aromatic carbocycles. The zero-order valence-electron chi connectivity index (χ0n) is 14.4. The number of benzene rings is 2. The van der Waals surface area contributed by atoms with Crippen molar-refractivity contribution in [3.63, 3.8) is 0 Å². The monoisotopic (exact) mass is 492 g/mol. The van der Waals surface area contributed by atoms with Crippen LogP contribution in [0.2, 0.25) is 0 Å². The normalized spacial score (nSPS) is 19.1. The second-order valence-electron chi connectivity index (χ2n) is 6.65. The smallest absolute Gasteiger partial charge is 0.286 e. The molecule has 1 N–H and O–H groups in total. The number of carbonyl (C=O) groups is 3. The van der Waals surface area contributed by atoms with Crippen molar-refractivity contribution >= 4 is 62.8 Å². The Morgan fingerprint density at radius 2 is 1.81 bits per heavy atom. The average Bonchev–Trinajstić information content (AvgIpc) is 3.44. The van der Waals surface area contributed by atoms with Crippen LogP contribution in [0.1, 0.15) is 18.4 Å². The predicted octanol–water partition coefficient (Wildman–Crippen LogP) is 4.26. The first-order valence-corrected chi connectivity index (χ1v) is 10.7. The Hall–Kier alpha value is -1.87. The maximum Gasteiger partial charge on any atom is 0.286 e. The van der Waals surface area contributed by atoms with Crippen LogP contribution in [0.4, 0.5) is 16.2 Å². The highest BCUT2D eigenvalue weighted by atomic mass is 127. The van der Waals surface area contributed by atoms with Crippen LogP contribution in [-0.2, 0) is 16.0 Å². The Kier molecular flexibility index (Phi) is 5.23. The van der Waals surface area contributed by atoms with Gasteiger partial charge in [0.1, 0.15) is 0 Å². The van der Waals surface area contributed by atoms with Crippen LogP contribution in [0.25, 0.3) is 0 Å². The standard InChI is InChI=1S/C20H17IN2O3S/c21-15-3-1-2-4-16(15)23(19(25)13-7-8-13)14-9-5-12(6-10-14)11-17-18(24)22-20(26)27-17/h1-6,9-10,13,17H,7-8,11H2,(H,22,24,26). The van der Waals surface area contributed by atoms with Crippen LogP contribution < -0.4 is 10.2 Å². The molecule has 0 radical (unpaired) electrons. The molecule has 27 heavy (non-hydrogen) atoms. The van der Waals surface area contributed by atoms with Gasteiger partial charge in [0, 0.05) is 15.2 Å². The molecule has 1 aliphatic heterocycles. The average molecular weight is 492 g/mol. The van der Waals surface area contributed by atoms with Crippen LogP contribution >= 0.6 is 34.4 Å². The van der Waals surface area contributed by atoms with E-state index >= 15 is 0 Å². The van der Waals surface area contributed by atoms with Crippen molar-refractivity contribution in [2.75, 3.05) is 4.90 Å². The lowest BCUT2D eigenvalue weighted by Gasteiger charge is -2.24. The first kappa shape index (κ1) is 18.5. The molecule has 138 valence electrons. The highest BCUT2D eigenvalue weighted by molar-refractivity contribution is 14.1. The SMILES string of the molecule is O=C1NC(=O)C(Cc2ccc(N(C(=O)C3CC3)c3ccccc3I)cc2)S1. The van der Waals surface area contributed by atoms with Crippen LogP contribution in [0.5, 0.6) is 0 Å². The number of para-hydroxylation sites is 1. The Labute approximate surface area is 175 Å². The van der Waals surface area contributed by atoms with Gasteiger partial charge in [-0.25, -0.2) is 0 Å². The Morgan fingerprint density at radius 3 is 2.41 bits per heavy atom. The molecular formula is C20H17IN2O3S. The highest BCUT2D eigenvalue weighted by Gasteiger charge is 2.35. The van der Waals surface area contributed by atoms with Gasteiger partial charge in [-0.15, -0.1) is 0 Å². The van der Waals surface area contributed by atoms with Crippen LogP contribution in [-0.4, -0.2) is 22.3 Å². The molecule has 5 nitrogen and oxygen atoms in total. The summed E-state index contributed by atoms with van der Waals surface area (Å²) < 4.78 is 1.02. The minimum absolute atomic E-state index is 0.102. The van der Waals surface area contributed by atoms with E-state index in [-0.39, 0.29) is 28.2 Å². The number of thioether (sulfide) groups is 1. The number of amides is 3. The van der Waals surface area contributed by atoms with Crippen LogP contribution in [0, 0.1) is 9.49 Å². The molecule has 1 saturated carbocycles. The zero-order chi connectivity index (χ0) is 19.0. The third kappa shape index (κ3) is 4.03. The van der Waals surface area contributed by atoms with Gasteiger partial charge in [-0.2, -0.15) is 0 Å². The maximum atomic E-state index is 12.9. The van der Waals surface area contributed by atoms with E-state index in [0.717, 1.165) is 45.1 Å². The summed E-state index contributed by atoms with van der Waals surface area (Å²) in [5.74, 6) is -0.00748. The van der Waals surface area contributed by atoms with E-state index < -0.39 is 0 Å². The summed E-state index contributed by atoms with van der Waals surface area (Å²) in [5.41, 5.74) is 2.67. The van der Waals surface area contributed by atoms with Gasteiger partial charge < -0.3 is 0 Å². The van der Waals surface area contributed by atoms with Crippen LogP contribution in [0.3, 0.4) is 0 Å². The largest absolute Gasteiger partial charge is 0.286 e. The van der Waals surface area contributed by atoms with Crippen molar-refractivity contribution in [2.24, 2.45) is 5.92 Å². The second kappa shape index (κ2) is 7.63. The number of anilines is 2. The summed E-state index contributed by atoms with van der Waals surface area (Å²) in [7, 11) is 0. The first-order chi connectivity index (χ1) is 13.0. The topological polar surface area (TPSA) is 66.5 Å². The quantitative estimate of drug-likeness (QED) is 0.634. The van der Waals surface area contributed by atoms with E-state index in [1.54, 1.807) is 4.90 Å². The van der Waals surface area contributed by atoms with Gasteiger partial charge in [-0.3, -0.25) is 24.6 Å². The number of rotatable bonds is 5. The number of hydrogen-bond donors (Lipinski definition) is 1. The highest BCUT2D eigenvalue weighted by Crippen LogP contribution is 2.38. The fourth-order valence-electron chi connectivity index (χ4n) is 3.05. The molecule has 0 bridgehead atoms. The van der Waals surface area contributed by atoms with E-state index in [1.165, 1.54) is 0 Å². The predicted molar refractivity (Wildman–Crippen MR) is 114 cm³/mol. The fraction of sp³-hybridized carbons (Fsp3) is 0.250. The molecule has 2 aliphatic rings. The van der Waals surface area contributed by atoms with E-state index in [0.29, 0.717) is 6.42 Å². The lowest BCUT2D eigenvalue weighted by atomic mass is 10.1. The van der Waals surface area contributed by atoms with Crippen molar-refractivity contribution < 1.29 is 14.4 Å². The van der Waals surface area contributed by atoms with Gasteiger partial charge >= 0.3 is 0 Å². The van der Waals surface area contributed by atoms with Crippen molar-refractivity contribution in [3.05, 3.63) is 57.7 Å². The minimum Gasteiger partial charge on any atom is -0.286 e. The molecule has 2 aromatic rings. The molecule has 1 saturated heterocycles. The zero-order valence-corrected chi connectivity index (χ0v) is 17.3. The van der Waals surface area contributed by atoms with E-state index in [1.807, 2.05) is 48.5 Å². The van der Waals surface area contributed by atoms with E-state index in [2.05, 4.69) is 27.9 Å². The number of imide groups is 1. The molecule has 3 amide bonds. The molecule has 2 fully saturated rings. The Balaban J connectivity index is 1.59. The van der Waals surface area contributed by atoms with Gasteiger partial charge in [0.25, 0.3) is 5.24 Å². The molecule has 7 heteroatoms. The first-order valence-electron chi connectivity index (χ1n) is 8.72. The van der Waals surface area contributed by atoms with Crippen molar-refractivity contribution in [2.45, 2.75) is 24.5 Å². The second-order valence-corrected chi connectivity index (χ2v) is 8.99. The van der Waals surface area contributed by atoms with Crippen molar-refractivity contribution in [1.82, 2.24) is 5.32 Å². The third-order valence-electron chi connectivity index (χ3n) is 4.62. The van der Waals surface area contributed by atoms with Gasteiger partial charge in [-0.1, -0.05) is 36.0 Å². The maximum absolute atomic E-state index is 12.9. The lowest BCUT2D eigenvalue weighted by molar-refractivity contribution is -0.119. The van der Waals surface area contributed by atoms with Gasteiger partial charge in [0.15, 0.2) is 0 Å². The third-order valence-corrected chi connectivity index (χ3v) is 6.52. The Bertz CT molecular complexity index is 912. The summed E-state index contributed by atoms with van der Waals surface area (Å²) in [6, 6.07) is 15.5. The fourth-order valence-corrected chi connectivity index (χ4v) is 4.54. The number of nitrogens with one attached hydrogen (secondary N) is 1. The van der Waals surface area contributed by atoms with E-state index in [9.17, 15) is 14.4 Å². The van der Waals surface area contributed by atoms with Crippen LogP contribution in [0.15, 0.2) is 48.5 Å². The summed E-state index contributed by atoms with van der Waals surface area (Å²) >= 11 is 3.28. The summed E-state index contributed by atoms with van der Waals surface area (Å²) in [6.07, 6.45) is 2.37. The lowest BCUT2D eigenvalue weighted by Crippen LogP contribution is -2.28. The number of carbonyl (C=O) groups excluding carboxylic acids is 3. The number of nitrogens with zero attached hydrogens (tertiary/aromatic N) is 1. The molecule has 1 atom stereocenters. The summed E-state index contributed by atoms with van der Waals surface area (Å²) in [4.78, 5) is 37.8. The molecule has 1 unspecified atom stereocenters. The number of hydrogen-bond acceptors (Lipinski definition) is 4. The number of halogens is 1. The molecule has 1 heterocycles. The van der Waals surface area contributed by atoms with E-state index in [4.69, 9.17) is 0 Å². The Morgan fingerprint density at radius 1 is 1.11 bits per heavy atom. The van der Waals surface area contributed by atoms with Gasteiger partial charge in [0.05, 0.1) is 10.9 Å². The molecule has 1 aliphatic carbocycles. The molecule has 4 rings (SSSR count). The van der Waals surface area contributed by atoms with Crippen molar-refractivity contribution in [3.8, 4) is 0 Å². The summed E-state index contributed by atoms with van der Waals surface area (Å²) in [6.45, 7) is 0. The minimum atomic E-state index is -0.386. The van der Waals surface area contributed by atoms with Gasteiger partial charge in [-0.05, 0) is 71.7 Å². The van der Waals surface area contributed by atoms with Crippen molar-refractivity contribution in [1.29, 1.82) is 0 Å². The van der Waals surface area contributed by atoms with Gasteiger partial charge in [0.2, 0.25) is 11.8 Å². The summed E-state index contributed by atoms with van der Waals surface area (Å²) in [5, 5.41) is 1.63.